The van der Waals surface area contributed by atoms with Crippen molar-refractivity contribution in [1.82, 2.24) is 10.6 Å². The highest BCUT2D eigenvalue weighted by atomic mass is 127. The number of hydrogen-bond donors (Lipinski definition) is 2. The van der Waals surface area contributed by atoms with Crippen LogP contribution in [0.2, 0.25) is 0 Å². The Balaban J connectivity index is 0.00000208. The quantitative estimate of drug-likeness (QED) is 0.414. The van der Waals surface area contributed by atoms with Gasteiger partial charge in [0.1, 0.15) is 5.76 Å². The van der Waals surface area contributed by atoms with E-state index in [1.54, 1.807) is 6.26 Å². The molecule has 1 saturated carbocycles. The Morgan fingerprint density at radius 2 is 2.21 bits per heavy atom. The fourth-order valence-electron chi connectivity index (χ4n) is 3.90. The third-order valence-electron chi connectivity index (χ3n) is 5.03. The third-order valence-corrected chi connectivity index (χ3v) is 5.03. The minimum absolute atomic E-state index is 0. The molecule has 2 fully saturated rings. The van der Waals surface area contributed by atoms with Crippen LogP contribution in [0.25, 0.3) is 0 Å². The van der Waals surface area contributed by atoms with Gasteiger partial charge < -0.3 is 19.8 Å². The van der Waals surface area contributed by atoms with E-state index in [4.69, 9.17) is 14.1 Å². The monoisotopic (exact) mass is 447 g/mol. The van der Waals surface area contributed by atoms with Crippen molar-refractivity contribution in [3.63, 3.8) is 0 Å². The summed E-state index contributed by atoms with van der Waals surface area (Å²) in [4.78, 5) is 4.73. The number of rotatable bonds is 5. The van der Waals surface area contributed by atoms with Gasteiger partial charge in [-0.1, -0.05) is 13.8 Å². The Morgan fingerprint density at radius 1 is 1.42 bits per heavy atom. The molecule has 0 radical (unpaired) electrons. The molecule has 0 amide bonds. The number of furan rings is 1. The van der Waals surface area contributed by atoms with Crippen LogP contribution in [-0.4, -0.2) is 37.3 Å². The van der Waals surface area contributed by atoms with Gasteiger partial charge >= 0.3 is 0 Å². The number of nitrogens with one attached hydrogen (secondary N) is 2. The minimum atomic E-state index is 0. The number of aliphatic imine (C=N–C) groups is 1. The van der Waals surface area contributed by atoms with Crippen molar-refractivity contribution < 1.29 is 9.15 Å². The van der Waals surface area contributed by atoms with Gasteiger partial charge in [-0.15, -0.1) is 24.0 Å². The molecule has 1 aromatic rings. The second-order valence-electron chi connectivity index (χ2n) is 7.55. The van der Waals surface area contributed by atoms with E-state index in [0.29, 0.717) is 30.7 Å². The summed E-state index contributed by atoms with van der Waals surface area (Å²) in [6.45, 7) is 10.4. The van der Waals surface area contributed by atoms with Crippen LogP contribution in [0.3, 0.4) is 0 Å². The first kappa shape index (κ1) is 19.6. The highest BCUT2D eigenvalue weighted by molar-refractivity contribution is 14.0. The zero-order valence-electron chi connectivity index (χ0n) is 15.0. The molecule has 5 nitrogen and oxygen atoms in total. The van der Waals surface area contributed by atoms with Crippen molar-refractivity contribution >= 4 is 29.9 Å². The second-order valence-corrected chi connectivity index (χ2v) is 7.55. The molecule has 2 aliphatic rings. The van der Waals surface area contributed by atoms with Gasteiger partial charge in [0.2, 0.25) is 0 Å². The summed E-state index contributed by atoms with van der Waals surface area (Å²) >= 11 is 0. The first-order valence-electron chi connectivity index (χ1n) is 8.70. The van der Waals surface area contributed by atoms with Crippen molar-refractivity contribution in [3.05, 3.63) is 24.2 Å². The Bertz CT molecular complexity index is 542. The third kappa shape index (κ3) is 4.07. The lowest BCUT2D eigenvalue weighted by molar-refractivity contribution is -0.106. The summed E-state index contributed by atoms with van der Waals surface area (Å²) in [7, 11) is 0. The molecule has 2 heterocycles. The smallest absolute Gasteiger partial charge is 0.191 e. The molecule has 3 unspecified atom stereocenters. The molecule has 136 valence electrons. The van der Waals surface area contributed by atoms with Crippen molar-refractivity contribution in [1.29, 1.82) is 0 Å². The first-order chi connectivity index (χ1) is 11.0. The van der Waals surface area contributed by atoms with E-state index in [1.807, 2.05) is 12.1 Å². The Kier molecular flexibility index (Phi) is 6.59. The molecule has 24 heavy (non-hydrogen) atoms. The van der Waals surface area contributed by atoms with Gasteiger partial charge in [-0.2, -0.15) is 0 Å². The van der Waals surface area contributed by atoms with Crippen molar-refractivity contribution in [2.24, 2.45) is 16.3 Å². The molecular formula is C18H30IN3O2. The highest BCUT2D eigenvalue weighted by Crippen LogP contribution is 2.52. The molecular weight excluding hydrogens is 417 g/mol. The van der Waals surface area contributed by atoms with Crippen LogP contribution in [0.4, 0.5) is 0 Å². The van der Waals surface area contributed by atoms with Crippen LogP contribution in [-0.2, 0) is 11.2 Å². The van der Waals surface area contributed by atoms with Crippen LogP contribution in [0.15, 0.2) is 27.8 Å². The molecule has 3 rings (SSSR count). The number of nitrogens with zero attached hydrogens (tertiary/aromatic N) is 1. The predicted octanol–water partition coefficient (Wildman–Crippen LogP) is 3.20. The zero-order valence-corrected chi connectivity index (χ0v) is 17.4. The predicted molar refractivity (Wildman–Crippen MR) is 107 cm³/mol. The van der Waals surface area contributed by atoms with E-state index >= 15 is 0 Å². The average Bonchev–Trinajstić information content (AvgIpc) is 3.14. The number of ether oxygens (including phenoxy) is 1. The Labute approximate surface area is 162 Å². The molecule has 6 heteroatoms. The van der Waals surface area contributed by atoms with Crippen LogP contribution < -0.4 is 10.6 Å². The highest BCUT2D eigenvalue weighted by Gasteiger charge is 2.59. The molecule has 0 spiro atoms. The van der Waals surface area contributed by atoms with Crippen LogP contribution in [0.1, 0.15) is 39.9 Å². The van der Waals surface area contributed by atoms with Crippen LogP contribution >= 0.6 is 24.0 Å². The topological polar surface area (TPSA) is 58.8 Å². The van der Waals surface area contributed by atoms with Crippen molar-refractivity contribution in [3.8, 4) is 0 Å². The lowest BCUT2D eigenvalue weighted by Gasteiger charge is -2.55. The Morgan fingerprint density at radius 3 is 2.88 bits per heavy atom. The fraction of sp³-hybridized carbons (Fsp3) is 0.722. The van der Waals surface area contributed by atoms with Gasteiger partial charge in [-0.3, -0.25) is 4.99 Å². The summed E-state index contributed by atoms with van der Waals surface area (Å²) in [6, 6.07) is 4.68. The summed E-state index contributed by atoms with van der Waals surface area (Å²) in [5.41, 5.74) is 0.154. The lowest BCUT2D eigenvalue weighted by atomic mass is 9.57. The van der Waals surface area contributed by atoms with Gasteiger partial charge in [0.15, 0.2) is 5.96 Å². The molecule has 0 bridgehead atoms. The number of fused-ring (bicyclic) bond motifs is 1. The number of hydrogen-bond acceptors (Lipinski definition) is 3. The van der Waals surface area contributed by atoms with Crippen molar-refractivity contribution in [2.45, 2.75) is 58.7 Å². The van der Waals surface area contributed by atoms with Gasteiger partial charge in [0, 0.05) is 43.0 Å². The maximum atomic E-state index is 5.88. The maximum Gasteiger partial charge on any atom is 0.191 e. The summed E-state index contributed by atoms with van der Waals surface area (Å²) in [6.07, 6.45) is 4.07. The average molecular weight is 447 g/mol. The van der Waals surface area contributed by atoms with Crippen LogP contribution in [0, 0.1) is 11.3 Å². The van der Waals surface area contributed by atoms with E-state index < -0.39 is 0 Å². The molecule has 3 atom stereocenters. The van der Waals surface area contributed by atoms with Crippen LogP contribution in [0.5, 0.6) is 0 Å². The summed E-state index contributed by atoms with van der Waals surface area (Å²) in [5, 5.41) is 7.10. The van der Waals surface area contributed by atoms with Gasteiger partial charge in [-0.05, 0) is 32.4 Å². The van der Waals surface area contributed by atoms with Gasteiger partial charge in [0.25, 0.3) is 0 Å². The maximum absolute atomic E-state index is 5.88. The number of halogens is 1. The molecule has 0 aromatic carbocycles. The van der Waals surface area contributed by atoms with Crippen molar-refractivity contribution in [2.75, 3.05) is 13.2 Å². The molecule has 2 N–H and O–H groups in total. The van der Waals surface area contributed by atoms with Gasteiger partial charge in [-0.25, -0.2) is 0 Å². The van der Waals surface area contributed by atoms with E-state index in [2.05, 4.69) is 38.3 Å². The van der Waals surface area contributed by atoms with E-state index in [-0.39, 0.29) is 29.4 Å². The zero-order chi connectivity index (χ0) is 16.4. The molecule has 1 saturated heterocycles. The Hall–Kier alpha value is -0.760. The molecule has 1 aliphatic heterocycles. The summed E-state index contributed by atoms with van der Waals surface area (Å²) < 4.78 is 11.3. The SMILES string of the molecule is CC(C)NC(=NCCc1ccco1)NC1C2CCOC2C1(C)C.I. The standard InChI is InChI=1S/C18H29N3O2.HI/c1-12(2)20-17(19-9-7-13-6-5-10-22-13)21-15-14-8-11-23-16(14)18(15,3)4;/h5-6,10,12,14-16H,7-9,11H2,1-4H3,(H2,19,20,21);1H. The van der Waals surface area contributed by atoms with E-state index in [0.717, 1.165) is 31.2 Å². The van der Waals surface area contributed by atoms with Gasteiger partial charge in [0.05, 0.1) is 12.4 Å². The first-order valence-corrected chi connectivity index (χ1v) is 8.70. The second kappa shape index (κ2) is 8.08. The number of guanidine groups is 1. The lowest BCUT2D eigenvalue weighted by Crippen LogP contribution is -2.68. The molecule has 1 aliphatic carbocycles. The molecule has 1 aromatic heterocycles. The van der Waals surface area contributed by atoms with E-state index in [9.17, 15) is 0 Å². The largest absolute Gasteiger partial charge is 0.469 e. The minimum Gasteiger partial charge on any atom is -0.469 e. The van der Waals surface area contributed by atoms with E-state index in [1.165, 1.54) is 0 Å². The normalized spacial score (nSPS) is 28.0. The summed E-state index contributed by atoms with van der Waals surface area (Å²) in [5.74, 6) is 2.48. The fourth-order valence-corrected chi connectivity index (χ4v) is 3.90.